The fourth-order valence-electron chi connectivity index (χ4n) is 2.41. The van der Waals surface area contributed by atoms with Crippen LogP contribution in [0.3, 0.4) is 0 Å². The minimum absolute atomic E-state index is 0.310. The van der Waals surface area contributed by atoms with Gasteiger partial charge < -0.3 is 9.67 Å². The van der Waals surface area contributed by atoms with Gasteiger partial charge in [-0.15, -0.1) is 0 Å². The Morgan fingerprint density at radius 3 is 2.90 bits per heavy atom. The first-order chi connectivity index (χ1) is 9.70. The van der Waals surface area contributed by atoms with E-state index in [9.17, 15) is 9.90 Å². The van der Waals surface area contributed by atoms with Gasteiger partial charge in [-0.1, -0.05) is 13.0 Å². The van der Waals surface area contributed by atoms with E-state index in [2.05, 4.69) is 16.4 Å². The number of hydrogen-bond acceptors (Lipinski definition) is 3. The Kier molecular flexibility index (Phi) is 3.28. The molecule has 4 nitrogen and oxygen atoms in total. The Labute approximate surface area is 120 Å². The molecule has 1 N–H and O–H groups in total. The SMILES string of the molecule is CCc1nc2cccc(C(=O)O)c2n1Cc1ccsc1. The molecule has 2 heterocycles. The number of rotatable bonds is 4. The summed E-state index contributed by atoms with van der Waals surface area (Å²) in [4.78, 5) is 16.0. The maximum Gasteiger partial charge on any atom is 0.337 e. The lowest BCUT2D eigenvalue weighted by Gasteiger charge is -2.08. The molecule has 0 aliphatic heterocycles. The van der Waals surface area contributed by atoms with Gasteiger partial charge in [0, 0.05) is 6.42 Å². The number of aromatic carboxylic acids is 1. The van der Waals surface area contributed by atoms with E-state index in [0.717, 1.165) is 17.8 Å². The maximum absolute atomic E-state index is 11.4. The van der Waals surface area contributed by atoms with Crippen LogP contribution in [0.5, 0.6) is 0 Å². The standard InChI is InChI=1S/C15H14N2O2S/c1-2-13-16-12-5-3-4-11(15(18)19)14(12)17(13)8-10-6-7-20-9-10/h3-7,9H,2,8H2,1H3,(H,18,19). The average Bonchev–Trinajstić information content (AvgIpc) is 3.06. The molecule has 0 bridgehead atoms. The summed E-state index contributed by atoms with van der Waals surface area (Å²) in [6.07, 6.45) is 0.776. The molecular formula is C15H14N2O2S. The van der Waals surface area contributed by atoms with Gasteiger partial charge in [0.1, 0.15) is 5.82 Å². The van der Waals surface area contributed by atoms with Crippen molar-refractivity contribution in [1.29, 1.82) is 0 Å². The zero-order chi connectivity index (χ0) is 14.1. The molecule has 0 saturated heterocycles. The van der Waals surface area contributed by atoms with E-state index in [-0.39, 0.29) is 0 Å². The van der Waals surface area contributed by atoms with Crippen LogP contribution in [-0.4, -0.2) is 20.6 Å². The van der Waals surface area contributed by atoms with Crippen molar-refractivity contribution in [3.63, 3.8) is 0 Å². The van der Waals surface area contributed by atoms with Gasteiger partial charge in [-0.3, -0.25) is 0 Å². The molecule has 3 aromatic rings. The maximum atomic E-state index is 11.4. The van der Waals surface area contributed by atoms with Gasteiger partial charge in [0.25, 0.3) is 0 Å². The van der Waals surface area contributed by atoms with Crippen LogP contribution in [0.25, 0.3) is 11.0 Å². The molecule has 3 rings (SSSR count). The van der Waals surface area contributed by atoms with Crippen LogP contribution in [0, 0.1) is 0 Å². The molecule has 5 heteroatoms. The van der Waals surface area contributed by atoms with E-state index in [1.807, 2.05) is 22.9 Å². The summed E-state index contributed by atoms with van der Waals surface area (Å²) < 4.78 is 2.01. The predicted octanol–water partition coefficient (Wildman–Crippen LogP) is 3.41. The average molecular weight is 286 g/mol. The Morgan fingerprint density at radius 1 is 1.40 bits per heavy atom. The van der Waals surface area contributed by atoms with Gasteiger partial charge in [0.15, 0.2) is 0 Å². The molecule has 0 saturated carbocycles. The fraction of sp³-hybridized carbons (Fsp3) is 0.200. The molecule has 0 aliphatic rings. The lowest BCUT2D eigenvalue weighted by atomic mass is 10.2. The molecule has 0 atom stereocenters. The van der Waals surface area contributed by atoms with Crippen LogP contribution in [-0.2, 0) is 13.0 Å². The molecule has 0 spiro atoms. The molecule has 102 valence electrons. The molecule has 0 aliphatic carbocycles. The molecule has 0 unspecified atom stereocenters. The third kappa shape index (κ3) is 2.10. The molecule has 0 amide bonds. The van der Waals surface area contributed by atoms with E-state index in [4.69, 9.17) is 0 Å². The zero-order valence-corrected chi connectivity index (χ0v) is 11.9. The Hall–Kier alpha value is -2.14. The minimum Gasteiger partial charge on any atom is -0.478 e. The highest BCUT2D eigenvalue weighted by Gasteiger charge is 2.17. The summed E-state index contributed by atoms with van der Waals surface area (Å²) in [5.41, 5.74) is 2.94. The monoisotopic (exact) mass is 286 g/mol. The summed E-state index contributed by atoms with van der Waals surface area (Å²) in [5, 5.41) is 13.5. The summed E-state index contributed by atoms with van der Waals surface area (Å²) in [7, 11) is 0. The number of benzene rings is 1. The number of nitrogens with zero attached hydrogens (tertiary/aromatic N) is 2. The highest BCUT2D eigenvalue weighted by molar-refractivity contribution is 7.07. The highest BCUT2D eigenvalue weighted by atomic mass is 32.1. The number of imidazole rings is 1. The Bertz CT molecular complexity index is 760. The van der Waals surface area contributed by atoms with Gasteiger partial charge in [-0.25, -0.2) is 9.78 Å². The number of hydrogen-bond donors (Lipinski definition) is 1. The highest BCUT2D eigenvalue weighted by Crippen LogP contribution is 2.23. The van der Waals surface area contributed by atoms with Crippen LogP contribution in [0.4, 0.5) is 0 Å². The van der Waals surface area contributed by atoms with Crippen molar-refractivity contribution in [2.45, 2.75) is 19.9 Å². The summed E-state index contributed by atoms with van der Waals surface area (Å²) in [5.74, 6) is 0.00428. The summed E-state index contributed by atoms with van der Waals surface area (Å²) in [6, 6.07) is 7.30. The van der Waals surface area contributed by atoms with Gasteiger partial charge in [0.05, 0.1) is 23.1 Å². The number of aromatic nitrogens is 2. The number of carboxylic acid groups (broad SMARTS) is 1. The first-order valence-electron chi connectivity index (χ1n) is 6.43. The smallest absolute Gasteiger partial charge is 0.337 e. The molecule has 20 heavy (non-hydrogen) atoms. The third-order valence-electron chi connectivity index (χ3n) is 3.31. The Morgan fingerprint density at radius 2 is 2.25 bits per heavy atom. The largest absolute Gasteiger partial charge is 0.478 e. The van der Waals surface area contributed by atoms with Crippen LogP contribution >= 0.6 is 11.3 Å². The molecular weight excluding hydrogens is 272 g/mol. The third-order valence-corrected chi connectivity index (χ3v) is 4.05. The summed E-state index contributed by atoms with van der Waals surface area (Å²) in [6.45, 7) is 2.69. The van der Waals surface area contributed by atoms with E-state index in [0.29, 0.717) is 17.6 Å². The van der Waals surface area contributed by atoms with Crippen molar-refractivity contribution in [2.24, 2.45) is 0 Å². The Balaban J connectivity index is 2.24. The van der Waals surface area contributed by atoms with Gasteiger partial charge >= 0.3 is 5.97 Å². The van der Waals surface area contributed by atoms with Crippen molar-refractivity contribution < 1.29 is 9.90 Å². The number of thiophene rings is 1. The predicted molar refractivity (Wildman–Crippen MR) is 79.5 cm³/mol. The number of carbonyl (C=O) groups is 1. The van der Waals surface area contributed by atoms with Crippen molar-refractivity contribution in [2.75, 3.05) is 0 Å². The van der Waals surface area contributed by atoms with Gasteiger partial charge in [-0.2, -0.15) is 11.3 Å². The topological polar surface area (TPSA) is 55.1 Å². The van der Waals surface area contributed by atoms with Crippen molar-refractivity contribution in [3.8, 4) is 0 Å². The lowest BCUT2D eigenvalue weighted by Crippen LogP contribution is -2.07. The number of aryl methyl sites for hydroxylation is 1. The van der Waals surface area contributed by atoms with Crippen molar-refractivity contribution in [3.05, 3.63) is 52.0 Å². The number of fused-ring (bicyclic) bond motifs is 1. The first-order valence-corrected chi connectivity index (χ1v) is 7.37. The molecule has 1 aromatic carbocycles. The van der Waals surface area contributed by atoms with Crippen LogP contribution in [0.15, 0.2) is 35.0 Å². The van der Waals surface area contributed by atoms with Gasteiger partial charge in [-0.05, 0) is 34.5 Å². The minimum atomic E-state index is -0.912. The van der Waals surface area contributed by atoms with E-state index < -0.39 is 5.97 Å². The van der Waals surface area contributed by atoms with Gasteiger partial charge in [0.2, 0.25) is 0 Å². The first kappa shape index (κ1) is 12.9. The van der Waals surface area contributed by atoms with E-state index in [1.165, 1.54) is 5.56 Å². The quantitative estimate of drug-likeness (QED) is 0.799. The number of para-hydroxylation sites is 1. The second-order valence-electron chi connectivity index (χ2n) is 4.58. The molecule has 0 fully saturated rings. The normalized spacial score (nSPS) is 11.1. The summed E-state index contributed by atoms with van der Waals surface area (Å²) >= 11 is 1.64. The van der Waals surface area contributed by atoms with Crippen molar-refractivity contribution in [1.82, 2.24) is 9.55 Å². The van der Waals surface area contributed by atoms with Crippen LogP contribution in [0.1, 0.15) is 28.7 Å². The van der Waals surface area contributed by atoms with Crippen molar-refractivity contribution >= 4 is 28.3 Å². The van der Waals surface area contributed by atoms with Crippen LogP contribution in [0.2, 0.25) is 0 Å². The molecule has 0 radical (unpaired) electrons. The fourth-order valence-corrected chi connectivity index (χ4v) is 3.07. The van der Waals surface area contributed by atoms with Crippen LogP contribution < -0.4 is 0 Å². The second-order valence-corrected chi connectivity index (χ2v) is 5.36. The lowest BCUT2D eigenvalue weighted by molar-refractivity contribution is 0.0698. The van der Waals surface area contributed by atoms with E-state index >= 15 is 0 Å². The number of carboxylic acids is 1. The molecule has 2 aromatic heterocycles. The van der Waals surface area contributed by atoms with E-state index in [1.54, 1.807) is 23.5 Å². The second kappa shape index (κ2) is 5.09. The zero-order valence-electron chi connectivity index (χ0n) is 11.0.